The van der Waals surface area contributed by atoms with Gasteiger partial charge in [-0.05, 0) is 18.6 Å². The molecule has 2 heterocycles. The third-order valence-electron chi connectivity index (χ3n) is 1.87. The second-order valence-electron chi connectivity index (χ2n) is 2.71. The lowest BCUT2D eigenvalue weighted by Gasteiger charge is -2.00. The van der Waals surface area contributed by atoms with Gasteiger partial charge in [0.25, 0.3) is 0 Å². The summed E-state index contributed by atoms with van der Waals surface area (Å²) in [4.78, 5) is 4.39. The average Bonchev–Trinajstić information content (AvgIpc) is 2.75. The first-order valence-electron chi connectivity index (χ1n) is 4.03. The predicted octanol–water partition coefficient (Wildman–Crippen LogP) is 2.15. The number of anilines is 1. The molecule has 66 valence electrons. The van der Waals surface area contributed by atoms with Crippen molar-refractivity contribution in [2.75, 3.05) is 18.1 Å². The van der Waals surface area contributed by atoms with E-state index in [1.165, 1.54) is 30.1 Å². The average molecular weight is 201 g/mol. The second-order valence-corrected chi connectivity index (χ2v) is 4.77. The molecule has 2 rings (SSSR count). The van der Waals surface area contributed by atoms with Crippen molar-refractivity contribution in [3.05, 3.63) is 5.82 Å². The fourth-order valence-electron chi connectivity index (χ4n) is 1.25. The lowest BCUT2D eigenvalue weighted by atomic mass is 10.2. The molecule has 1 aliphatic heterocycles. The highest BCUT2D eigenvalue weighted by atomic mass is 32.2. The molecule has 0 spiro atoms. The molecule has 0 saturated carbocycles. The van der Waals surface area contributed by atoms with Crippen LogP contribution in [0, 0.1) is 0 Å². The van der Waals surface area contributed by atoms with Crippen molar-refractivity contribution in [2.24, 2.45) is 0 Å². The van der Waals surface area contributed by atoms with Crippen LogP contribution in [0.3, 0.4) is 0 Å². The van der Waals surface area contributed by atoms with Gasteiger partial charge >= 0.3 is 0 Å². The Bertz CT molecular complexity index is 255. The maximum absolute atomic E-state index is 4.39. The fraction of sp³-hybridized carbons (Fsp3) is 0.714. The molecule has 1 saturated heterocycles. The molecule has 5 heteroatoms. The summed E-state index contributed by atoms with van der Waals surface area (Å²) in [6.45, 7) is 0. The van der Waals surface area contributed by atoms with Gasteiger partial charge in [-0.3, -0.25) is 0 Å². The quantitative estimate of drug-likeness (QED) is 0.795. The minimum atomic E-state index is 0.559. The van der Waals surface area contributed by atoms with E-state index >= 15 is 0 Å². The number of aromatic nitrogens is 2. The van der Waals surface area contributed by atoms with E-state index in [9.17, 15) is 0 Å². The van der Waals surface area contributed by atoms with Crippen LogP contribution in [0.25, 0.3) is 0 Å². The number of thioether (sulfide) groups is 1. The highest BCUT2D eigenvalue weighted by molar-refractivity contribution is 7.99. The summed E-state index contributed by atoms with van der Waals surface area (Å²) in [6, 6.07) is 0. The monoisotopic (exact) mass is 201 g/mol. The maximum Gasteiger partial charge on any atom is 0.202 e. The van der Waals surface area contributed by atoms with Crippen LogP contribution in [0.15, 0.2) is 0 Å². The molecule has 12 heavy (non-hydrogen) atoms. The molecule has 1 unspecified atom stereocenters. The van der Waals surface area contributed by atoms with Gasteiger partial charge in [-0.2, -0.15) is 16.1 Å². The Balaban J connectivity index is 2.11. The van der Waals surface area contributed by atoms with E-state index in [-0.39, 0.29) is 0 Å². The molecular formula is C7H11N3S2. The zero-order valence-corrected chi connectivity index (χ0v) is 8.54. The first-order chi connectivity index (χ1) is 5.90. The molecule has 0 radical (unpaired) electrons. The van der Waals surface area contributed by atoms with Crippen LogP contribution >= 0.6 is 23.3 Å². The summed E-state index contributed by atoms with van der Waals surface area (Å²) < 4.78 is 4.32. The van der Waals surface area contributed by atoms with Gasteiger partial charge < -0.3 is 5.32 Å². The van der Waals surface area contributed by atoms with Crippen molar-refractivity contribution in [3.63, 3.8) is 0 Å². The molecule has 1 aliphatic rings. The Hall–Kier alpha value is -0.290. The van der Waals surface area contributed by atoms with E-state index < -0.39 is 0 Å². The van der Waals surface area contributed by atoms with E-state index in [1.54, 1.807) is 0 Å². The van der Waals surface area contributed by atoms with Gasteiger partial charge in [-0.25, -0.2) is 4.98 Å². The highest BCUT2D eigenvalue weighted by Gasteiger charge is 2.21. The van der Waals surface area contributed by atoms with Gasteiger partial charge in [0.1, 0.15) is 0 Å². The van der Waals surface area contributed by atoms with Gasteiger partial charge in [0.05, 0.1) is 5.25 Å². The smallest absolute Gasteiger partial charge is 0.202 e. The number of nitrogens with zero attached hydrogens (tertiary/aromatic N) is 2. The van der Waals surface area contributed by atoms with Crippen LogP contribution in [0.1, 0.15) is 23.9 Å². The van der Waals surface area contributed by atoms with E-state index in [2.05, 4.69) is 14.7 Å². The summed E-state index contributed by atoms with van der Waals surface area (Å²) in [7, 11) is 1.88. The van der Waals surface area contributed by atoms with Crippen molar-refractivity contribution in [1.29, 1.82) is 0 Å². The summed E-state index contributed by atoms with van der Waals surface area (Å²) in [5.74, 6) is 2.28. The van der Waals surface area contributed by atoms with Crippen LogP contribution < -0.4 is 5.32 Å². The molecule has 1 fully saturated rings. The first-order valence-corrected chi connectivity index (χ1v) is 5.85. The fourth-order valence-corrected chi connectivity index (χ4v) is 3.09. The molecule has 0 bridgehead atoms. The van der Waals surface area contributed by atoms with E-state index in [0.29, 0.717) is 5.25 Å². The molecule has 3 nitrogen and oxygen atoms in total. The molecule has 1 aromatic heterocycles. The number of hydrogen-bond donors (Lipinski definition) is 1. The van der Waals surface area contributed by atoms with Crippen molar-refractivity contribution < 1.29 is 0 Å². The van der Waals surface area contributed by atoms with Crippen LogP contribution in [0.5, 0.6) is 0 Å². The summed E-state index contributed by atoms with van der Waals surface area (Å²) in [5, 5.41) is 4.49. The molecule has 0 amide bonds. The third kappa shape index (κ3) is 1.56. The Morgan fingerprint density at radius 2 is 2.50 bits per heavy atom. The van der Waals surface area contributed by atoms with E-state index in [4.69, 9.17) is 0 Å². The van der Waals surface area contributed by atoms with Crippen LogP contribution in [-0.4, -0.2) is 22.2 Å². The zero-order chi connectivity index (χ0) is 8.39. The van der Waals surface area contributed by atoms with E-state index in [0.717, 1.165) is 11.0 Å². The van der Waals surface area contributed by atoms with Crippen molar-refractivity contribution in [3.8, 4) is 0 Å². The molecule has 1 aromatic rings. The van der Waals surface area contributed by atoms with Gasteiger partial charge in [-0.15, -0.1) is 0 Å². The highest BCUT2D eigenvalue weighted by Crippen LogP contribution is 2.39. The number of nitrogens with one attached hydrogen (secondary N) is 1. The van der Waals surface area contributed by atoms with Crippen molar-refractivity contribution in [1.82, 2.24) is 9.36 Å². The second kappa shape index (κ2) is 3.62. The number of hydrogen-bond acceptors (Lipinski definition) is 5. The Morgan fingerprint density at radius 3 is 3.08 bits per heavy atom. The zero-order valence-electron chi connectivity index (χ0n) is 6.91. The molecular weight excluding hydrogens is 190 g/mol. The summed E-state index contributed by atoms with van der Waals surface area (Å²) in [6.07, 6.45) is 2.55. The van der Waals surface area contributed by atoms with E-state index in [1.807, 2.05) is 18.8 Å². The SMILES string of the molecule is CNc1nc(C2CCCS2)ns1. The minimum Gasteiger partial charge on any atom is -0.363 e. The Kier molecular flexibility index (Phi) is 2.51. The van der Waals surface area contributed by atoms with Crippen molar-refractivity contribution >= 4 is 28.4 Å². The van der Waals surface area contributed by atoms with Gasteiger partial charge in [0.15, 0.2) is 5.82 Å². The van der Waals surface area contributed by atoms with Gasteiger partial charge in [-0.1, -0.05) is 0 Å². The Morgan fingerprint density at radius 1 is 1.58 bits per heavy atom. The van der Waals surface area contributed by atoms with Gasteiger partial charge in [0.2, 0.25) is 5.13 Å². The van der Waals surface area contributed by atoms with Crippen LogP contribution in [0.4, 0.5) is 5.13 Å². The number of rotatable bonds is 2. The lowest BCUT2D eigenvalue weighted by molar-refractivity contribution is 0.793. The van der Waals surface area contributed by atoms with Crippen molar-refractivity contribution in [2.45, 2.75) is 18.1 Å². The molecule has 0 aliphatic carbocycles. The Labute approximate surface area is 80.1 Å². The van der Waals surface area contributed by atoms with Crippen LogP contribution in [-0.2, 0) is 0 Å². The molecule has 0 aromatic carbocycles. The summed E-state index contributed by atoms with van der Waals surface area (Å²) in [5.41, 5.74) is 0. The summed E-state index contributed by atoms with van der Waals surface area (Å²) >= 11 is 3.42. The van der Waals surface area contributed by atoms with Gasteiger partial charge in [0, 0.05) is 18.6 Å². The van der Waals surface area contributed by atoms with Crippen LogP contribution in [0.2, 0.25) is 0 Å². The molecule has 1 atom stereocenters. The third-order valence-corrected chi connectivity index (χ3v) is 3.99. The first kappa shape index (κ1) is 8.31. The topological polar surface area (TPSA) is 37.8 Å². The maximum atomic E-state index is 4.39. The normalized spacial score (nSPS) is 22.9. The largest absolute Gasteiger partial charge is 0.363 e. The molecule has 1 N–H and O–H groups in total. The standard InChI is InChI=1S/C7H11N3S2/c1-8-7-9-6(10-12-7)5-3-2-4-11-5/h5H,2-4H2,1H3,(H,8,9,10). The lowest BCUT2D eigenvalue weighted by Crippen LogP contribution is -1.92. The minimum absolute atomic E-state index is 0.559. The predicted molar refractivity (Wildman–Crippen MR) is 53.9 cm³/mol.